The fourth-order valence-corrected chi connectivity index (χ4v) is 2.62. The summed E-state index contributed by atoms with van der Waals surface area (Å²) in [7, 11) is 0. The van der Waals surface area contributed by atoms with Gasteiger partial charge in [-0.2, -0.15) is 0 Å². The molecule has 1 atom stereocenters. The molecule has 0 bridgehead atoms. The first-order valence-corrected chi connectivity index (χ1v) is 7.10. The number of hydrogen-bond donors (Lipinski definition) is 0. The van der Waals surface area contributed by atoms with Crippen molar-refractivity contribution in [1.82, 2.24) is 0 Å². The second-order valence-corrected chi connectivity index (χ2v) is 5.23. The maximum atomic E-state index is 13.8. The number of rotatable bonds is 3. The predicted molar refractivity (Wildman–Crippen MR) is 78.0 cm³/mol. The zero-order valence-corrected chi connectivity index (χ0v) is 12.0. The number of alkyl halides is 3. The molecule has 2 nitrogen and oxygen atoms in total. The second-order valence-electron chi connectivity index (χ2n) is 5.23. The van der Waals surface area contributed by atoms with E-state index in [4.69, 9.17) is 0 Å². The van der Waals surface area contributed by atoms with Crippen LogP contribution in [0.4, 0.5) is 17.6 Å². The molecule has 23 heavy (non-hydrogen) atoms. The summed E-state index contributed by atoms with van der Waals surface area (Å²) in [5.74, 6) is -0.585. The summed E-state index contributed by atoms with van der Waals surface area (Å²) in [5, 5.41) is 0. The number of benzene rings is 2. The van der Waals surface area contributed by atoms with Crippen molar-refractivity contribution in [2.45, 2.75) is 25.2 Å². The Balaban J connectivity index is 1.77. The molecule has 0 radical (unpaired) electrons. The molecule has 120 valence electrons. The Bertz CT molecular complexity index is 722. The van der Waals surface area contributed by atoms with Gasteiger partial charge in [0.2, 0.25) is 0 Å². The highest BCUT2D eigenvalue weighted by Crippen LogP contribution is 2.33. The minimum absolute atomic E-state index is 0.176. The first kappa shape index (κ1) is 15.5. The van der Waals surface area contributed by atoms with Gasteiger partial charge in [0.1, 0.15) is 11.6 Å². The van der Waals surface area contributed by atoms with E-state index in [0.717, 1.165) is 5.56 Å². The molecule has 0 amide bonds. The number of hydrogen-bond acceptors (Lipinski definition) is 2. The molecule has 0 spiro atoms. The van der Waals surface area contributed by atoms with Crippen LogP contribution in [0, 0.1) is 5.82 Å². The largest absolute Gasteiger partial charge is 0.573 e. The average molecular weight is 323 g/mol. The summed E-state index contributed by atoms with van der Waals surface area (Å²) in [4.78, 5) is 4.51. The highest BCUT2D eigenvalue weighted by atomic mass is 19.4. The zero-order chi connectivity index (χ0) is 16.4. The Hall–Kier alpha value is -2.37. The molecule has 0 N–H and O–H groups in total. The Morgan fingerprint density at radius 2 is 1.70 bits per heavy atom. The van der Waals surface area contributed by atoms with E-state index in [1.807, 2.05) is 0 Å². The number of nitrogens with zero attached hydrogens (tertiary/aromatic N) is 1. The smallest absolute Gasteiger partial charge is 0.406 e. The zero-order valence-electron chi connectivity index (χ0n) is 12.0. The van der Waals surface area contributed by atoms with Crippen molar-refractivity contribution < 1.29 is 22.3 Å². The van der Waals surface area contributed by atoms with Crippen LogP contribution in [-0.4, -0.2) is 12.1 Å². The topological polar surface area (TPSA) is 21.6 Å². The van der Waals surface area contributed by atoms with Gasteiger partial charge in [0.15, 0.2) is 0 Å². The van der Waals surface area contributed by atoms with Gasteiger partial charge in [-0.15, -0.1) is 13.2 Å². The highest BCUT2D eigenvalue weighted by molar-refractivity contribution is 6.02. The molecule has 0 aromatic heterocycles. The minimum atomic E-state index is -4.70. The van der Waals surface area contributed by atoms with Crippen LogP contribution in [0.5, 0.6) is 5.75 Å². The van der Waals surface area contributed by atoms with Crippen LogP contribution in [-0.2, 0) is 0 Å². The van der Waals surface area contributed by atoms with Crippen LogP contribution >= 0.6 is 0 Å². The first-order chi connectivity index (χ1) is 10.9. The molecule has 1 unspecified atom stereocenters. The number of aliphatic imine (C=N–C) groups is 1. The van der Waals surface area contributed by atoms with E-state index in [9.17, 15) is 17.6 Å². The first-order valence-electron chi connectivity index (χ1n) is 7.10. The van der Waals surface area contributed by atoms with Crippen molar-refractivity contribution in [2.24, 2.45) is 4.99 Å². The summed E-state index contributed by atoms with van der Waals surface area (Å²) >= 11 is 0. The molecule has 2 aromatic rings. The maximum Gasteiger partial charge on any atom is 0.573 e. The van der Waals surface area contributed by atoms with Gasteiger partial charge in [0.25, 0.3) is 0 Å². The van der Waals surface area contributed by atoms with E-state index in [1.165, 1.54) is 18.2 Å². The van der Waals surface area contributed by atoms with E-state index < -0.39 is 6.36 Å². The lowest BCUT2D eigenvalue weighted by atomic mass is 10.0. The molecule has 1 aliphatic rings. The number of ether oxygens (including phenoxy) is 1. The van der Waals surface area contributed by atoms with Crippen molar-refractivity contribution >= 4 is 5.71 Å². The van der Waals surface area contributed by atoms with Crippen LogP contribution in [0.15, 0.2) is 53.5 Å². The van der Waals surface area contributed by atoms with Gasteiger partial charge in [-0.3, -0.25) is 4.99 Å². The Labute approximate surface area is 130 Å². The second kappa shape index (κ2) is 6.02. The molecular weight excluding hydrogens is 310 g/mol. The maximum absolute atomic E-state index is 13.8. The fraction of sp³-hybridized carbons (Fsp3) is 0.235. The summed E-state index contributed by atoms with van der Waals surface area (Å²) in [6.45, 7) is 0. The lowest BCUT2D eigenvalue weighted by Gasteiger charge is -2.11. The SMILES string of the molecule is Fc1ccccc1C1=NC(c2ccc(OC(F)(F)F)cc2)CC1. The van der Waals surface area contributed by atoms with Crippen LogP contribution in [0.25, 0.3) is 0 Å². The van der Waals surface area contributed by atoms with Crippen molar-refractivity contribution in [3.05, 3.63) is 65.5 Å². The molecule has 3 rings (SSSR count). The van der Waals surface area contributed by atoms with E-state index in [2.05, 4.69) is 9.73 Å². The molecule has 0 aliphatic carbocycles. The van der Waals surface area contributed by atoms with E-state index in [1.54, 1.807) is 30.3 Å². The molecule has 2 aromatic carbocycles. The van der Waals surface area contributed by atoms with Gasteiger partial charge in [-0.25, -0.2) is 4.39 Å². The van der Waals surface area contributed by atoms with Crippen molar-refractivity contribution in [2.75, 3.05) is 0 Å². The standard InChI is InChI=1S/C17H13F4NO/c18-14-4-2-1-3-13(14)16-10-9-15(22-16)11-5-7-12(8-6-11)23-17(19,20)21/h1-8,15H,9-10H2. The van der Waals surface area contributed by atoms with Gasteiger partial charge in [-0.1, -0.05) is 30.3 Å². The minimum Gasteiger partial charge on any atom is -0.406 e. The summed E-state index contributed by atoms with van der Waals surface area (Å²) < 4.78 is 54.0. The van der Waals surface area contributed by atoms with E-state index in [-0.39, 0.29) is 17.6 Å². The molecule has 6 heteroatoms. The number of halogens is 4. The van der Waals surface area contributed by atoms with Crippen LogP contribution in [0.2, 0.25) is 0 Å². The highest BCUT2D eigenvalue weighted by Gasteiger charge is 2.31. The average Bonchev–Trinajstić information content (AvgIpc) is 2.96. The third-order valence-electron chi connectivity index (χ3n) is 3.65. The van der Waals surface area contributed by atoms with Crippen LogP contribution < -0.4 is 4.74 Å². The molecule has 1 aliphatic heterocycles. The van der Waals surface area contributed by atoms with Crippen molar-refractivity contribution in [3.8, 4) is 5.75 Å². The van der Waals surface area contributed by atoms with Crippen molar-refractivity contribution in [1.29, 1.82) is 0 Å². The van der Waals surface area contributed by atoms with Gasteiger partial charge in [0, 0.05) is 11.3 Å². The molecule has 0 saturated carbocycles. The Kier molecular flexibility index (Phi) is 4.07. The van der Waals surface area contributed by atoms with Crippen molar-refractivity contribution in [3.63, 3.8) is 0 Å². The lowest BCUT2D eigenvalue weighted by molar-refractivity contribution is -0.274. The summed E-state index contributed by atoms with van der Waals surface area (Å²) in [6.07, 6.45) is -3.37. The summed E-state index contributed by atoms with van der Waals surface area (Å²) in [5.41, 5.74) is 1.95. The van der Waals surface area contributed by atoms with Gasteiger partial charge >= 0.3 is 6.36 Å². The Morgan fingerprint density at radius 3 is 2.35 bits per heavy atom. The third kappa shape index (κ3) is 3.70. The van der Waals surface area contributed by atoms with E-state index in [0.29, 0.717) is 24.1 Å². The van der Waals surface area contributed by atoms with Gasteiger partial charge < -0.3 is 4.74 Å². The Morgan fingerprint density at radius 1 is 1.00 bits per heavy atom. The predicted octanol–water partition coefficient (Wildman–Crippen LogP) is 5.05. The molecule has 1 heterocycles. The van der Waals surface area contributed by atoms with Crippen LogP contribution in [0.3, 0.4) is 0 Å². The quantitative estimate of drug-likeness (QED) is 0.725. The van der Waals surface area contributed by atoms with E-state index >= 15 is 0 Å². The molecule has 0 saturated heterocycles. The van der Waals surface area contributed by atoms with Gasteiger partial charge in [0.05, 0.1) is 6.04 Å². The van der Waals surface area contributed by atoms with Crippen LogP contribution in [0.1, 0.15) is 30.0 Å². The molecule has 0 fully saturated rings. The third-order valence-corrected chi connectivity index (χ3v) is 3.65. The van der Waals surface area contributed by atoms with Gasteiger partial charge in [-0.05, 0) is 36.6 Å². The normalized spacial score (nSPS) is 17.9. The lowest BCUT2D eigenvalue weighted by Crippen LogP contribution is -2.17. The summed E-state index contributed by atoms with van der Waals surface area (Å²) in [6, 6.07) is 11.9. The molecular formula is C17H13F4NO. The monoisotopic (exact) mass is 323 g/mol. The fourth-order valence-electron chi connectivity index (χ4n) is 2.62.